The minimum atomic E-state index is -0.968. The van der Waals surface area contributed by atoms with Gasteiger partial charge in [-0.25, -0.2) is 4.79 Å². The summed E-state index contributed by atoms with van der Waals surface area (Å²) >= 11 is 0. The van der Waals surface area contributed by atoms with Crippen molar-refractivity contribution < 1.29 is 20.1 Å². The zero-order valence-electron chi connectivity index (χ0n) is 12.4. The van der Waals surface area contributed by atoms with E-state index in [-0.39, 0.29) is 12.6 Å². The summed E-state index contributed by atoms with van der Waals surface area (Å²) in [6, 6.07) is 6.67. The quantitative estimate of drug-likeness (QED) is 0.792. The maximum Gasteiger partial charge on any atom is 0.408 e. The van der Waals surface area contributed by atoms with Gasteiger partial charge in [0.25, 0.3) is 0 Å². The standard InChI is InChI=1S/C15H23NO4/c1-10(16(14(19)20)15(2,3)4)11-5-7-12(8-6-11)13(18)9-17/h5-8,10,13,17-18H,9H2,1-4H3,(H,19,20)/t10-,13+/m0/s1. The average molecular weight is 281 g/mol. The lowest BCUT2D eigenvalue weighted by molar-refractivity contribution is 0.0751. The molecule has 5 nitrogen and oxygen atoms in total. The van der Waals surface area contributed by atoms with Crippen molar-refractivity contribution in [3.8, 4) is 0 Å². The molecule has 0 unspecified atom stereocenters. The van der Waals surface area contributed by atoms with Crippen LogP contribution in [-0.2, 0) is 0 Å². The summed E-state index contributed by atoms with van der Waals surface area (Å²) in [4.78, 5) is 12.8. The van der Waals surface area contributed by atoms with E-state index in [0.717, 1.165) is 5.56 Å². The second kappa shape index (κ2) is 6.24. The first kappa shape index (κ1) is 16.5. The Hall–Kier alpha value is -1.59. The number of hydrogen-bond acceptors (Lipinski definition) is 3. The summed E-state index contributed by atoms with van der Waals surface area (Å²) in [6.45, 7) is 7.04. The van der Waals surface area contributed by atoms with E-state index in [1.54, 1.807) is 24.3 Å². The SMILES string of the molecule is C[C@@H](c1ccc([C@H](O)CO)cc1)N(C(=O)O)C(C)(C)C. The van der Waals surface area contributed by atoms with Crippen LogP contribution in [0.3, 0.4) is 0 Å². The van der Waals surface area contributed by atoms with Gasteiger partial charge in [0.15, 0.2) is 0 Å². The van der Waals surface area contributed by atoms with Crippen molar-refractivity contribution in [3.63, 3.8) is 0 Å². The molecule has 0 aliphatic carbocycles. The van der Waals surface area contributed by atoms with Gasteiger partial charge in [0.05, 0.1) is 12.6 Å². The third kappa shape index (κ3) is 3.71. The second-order valence-electron chi connectivity index (χ2n) is 5.86. The van der Waals surface area contributed by atoms with Crippen LogP contribution >= 0.6 is 0 Å². The largest absolute Gasteiger partial charge is 0.465 e. The highest BCUT2D eigenvalue weighted by molar-refractivity contribution is 5.66. The summed E-state index contributed by atoms with van der Waals surface area (Å²) in [5.74, 6) is 0. The van der Waals surface area contributed by atoms with E-state index >= 15 is 0 Å². The smallest absolute Gasteiger partial charge is 0.408 e. The summed E-state index contributed by atoms with van der Waals surface area (Å²) in [5.41, 5.74) is 0.950. The predicted molar refractivity (Wildman–Crippen MR) is 76.5 cm³/mol. The summed E-state index contributed by atoms with van der Waals surface area (Å²) in [7, 11) is 0. The zero-order valence-corrected chi connectivity index (χ0v) is 12.4. The van der Waals surface area contributed by atoms with E-state index in [0.29, 0.717) is 5.56 Å². The molecule has 0 heterocycles. The first-order valence-electron chi connectivity index (χ1n) is 6.59. The van der Waals surface area contributed by atoms with Gasteiger partial charge in [0.2, 0.25) is 0 Å². The molecule has 1 rings (SSSR count). The summed E-state index contributed by atoms with van der Waals surface area (Å²) < 4.78 is 0. The number of carbonyl (C=O) groups is 1. The van der Waals surface area contributed by atoms with E-state index in [9.17, 15) is 15.0 Å². The molecule has 0 bridgehead atoms. The average Bonchev–Trinajstić information content (AvgIpc) is 2.35. The highest BCUT2D eigenvalue weighted by Gasteiger charge is 2.31. The Bertz CT molecular complexity index is 450. The van der Waals surface area contributed by atoms with Gasteiger partial charge in [0.1, 0.15) is 6.10 Å². The molecule has 0 radical (unpaired) electrons. The molecule has 112 valence electrons. The van der Waals surface area contributed by atoms with E-state index in [4.69, 9.17) is 5.11 Å². The zero-order chi connectivity index (χ0) is 15.5. The predicted octanol–water partition coefficient (Wildman–Crippen LogP) is 2.55. The molecule has 0 saturated heterocycles. The third-order valence-corrected chi connectivity index (χ3v) is 3.29. The van der Waals surface area contributed by atoms with Crippen molar-refractivity contribution in [1.29, 1.82) is 0 Å². The molecule has 3 N–H and O–H groups in total. The van der Waals surface area contributed by atoms with Crippen molar-refractivity contribution in [3.05, 3.63) is 35.4 Å². The van der Waals surface area contributed by atoms with Crippen LogP contribution in [0.5, 0.6) is 0 Å². The van der Waals surface area contributed by atoms with Gasteiger partial charge in [-0.05, 0) is 38.8 Å². The normalized spacial score (nSPS) is 14.7. The molecule has 1 amide bonds. The number of hydrogen-bond donors (Lipinski definition) is 3. The van der Waals surface area contributed by atoms with Crippen LogP contribution in [0.4, 0.5) is 4.79 Å². The van der Waals surface area contributed by atoms with Gasteiger partial charge >= 0.3 is 6.09 Å². The number of aliphatic hydroxyl groups excluding tert-OH is 2. The number of amides is 1. The van der Waals surface area contributed by atoms with Crippen LogP contribution in [0.15, 0.2) is 24.3 Å². The van der Waals surface area contributed by atoms with Crippen LogP contribution in [-0.4, -0.2) is 38.5 Å². The molecule has 2 atom stereocenters. The fourth-order valence-electron chi connectivity index (χ4n) is 2.28. The fourth-order valence-corrected chi connectivity index (χ4v) is 2.28. The maximum absolute atomic E-state index is 11.4. The molecular weight excluding hydrogens is 258 g/mol. The van der Waals surface area contributed by atoms with Crippen molar-refractivity contribution in [1.82, 2.24) is 4.90 Å². The summed E-state index contributed by atoms with van der Waals surface area (Å²) in [6.07, 6.45) is -1.87. The molecule has 0 spiro atoms. The van der Waals surface area contributed by atoms with Gasteiger partial charge in [-0.1, -0.05) is 24.3 Å². The Morgan fingerprint density at radius 3 is 2.00 bits per heavy atom. The molecule has 0 aromatic heterocycles. The Balaban J connectivity index is 3.01. The van der Waals surface area contributed by atoms with Crippen LogP contribution < -0.4 is 0 Å². The number of carboxylic acid groups (broad SMARTS) is 1. The Morgan fingerprint density at radius 2 is 1.65 bits per heavy atom. The van der Waals surface area contributed by atoms with Crippen LogP contribution in [0, 0.1) is 0 Å². The lowest BCUT2D eigenvalue weighted by atomic mass is 9.98. The monoisotopic (exact) mass is 281 g/mol. The van der Waals surface area contributed by atoms with Crippen molar-refractivity contribution >= 4 is 6.09 Å². The molecule has 5 heteroatoms. The number of aliphatic hydroxyl groups is 2. The van der Waals surface area contributed by atoms with E-state index in [1.807, 2.05) is 27.7 Å². The van der Waals surface area contributed by atoms with Crippen LogP contribution in [0.1, 0.15) is 51.0 Å². The van der Waals surface area contributed by atoms with Crippen molar-refractivity contribution in [2.24, 2.45) is 0 Å². The van der Waals surface area contributed by atoms with Crippen molar-refractivity contribution in [2.45, 2.75) is 45.4 Å². The minimum Gasteiger partial charge on any atom is -0.465 e. The lowest BCUT2D eigenvalue weighted by Gasteiger charge is -2.38. The first-order valence-corrected chi connectivity index (χ1v) is 6.59. The Morgan fingerprint density at radius 1 is 1.20 bits per heavy atom. The maximum atomic E-state index is 11.4. The van der Waals surface area contributed by atoms with E-state index in [2.05, 4.69) is 0 Å². The Kier molecular flexibility index (Phi) is 5.14. The third-order valence-electron chi connectivity index (χ3n) is 3.29. The number of benzene rings is 1. The number of nitrogens with zero attached hydrogens (tertiary/aromatic N) is 1. The van der Waals surface area contributed by atoms with E-state index < -0.39 is 17.7 Å². The molecule has 0 aliphatic heterocycles. The molecule has 0 fully saturated rings. The Labute approximate surface area is 119 Å². The van der Waals surface area contributed by atoms with Gasteiger partial charge in [-0.15, -0.1) is 0 Å². The lowest BCUT2D eigenvalue weighted by Crippen LogP contribution is -2.46. The van der Waals surface area contributed by atoms with Gasteiger partial charge in [-0.3, -0.25) is 4.90 Å². The van der Waals surface area contributed by atoms with E-state index in [1.165, 1.54) is 4.90 Å². The number of rotatable bonds is 4. The van der Waals surface area contributed by atoms with Crippen molar-refractivity contribution in [2.75, 3.05) is 6.61 Å². The van der Waals surface area contributed by atoms with Gasteiger partial charge in [0, 0.05) is 5.54 Å². The van der Waals surface area contributed by atoms with Gasteiger partial charge < -0.3 is 15.3 Å². The minimum absolute atomic E-state index is 0.298. The molecular formula is C15H23NO4. The molecule has 20 heavy (non-hydrogen) atoms. The van der Waals surface area contributed by atoms with Crippen LogP contribution in [0.25, 0.3) is 0 Å². The fraction of sp³-hybridized carbons (Fsp3) is 0.533. The molecule has 1 aromatic rings. The summed E-state index contributed by atoms with van der Waals surface area (Å²) in [5, 5.41) is 27.8. The molecule has 0 aliphatic rings. The van der Waals surface area contributed by atoms with Gasteiger partial charge in [-0.2, -0.15) is 0 Å². The highest BCUT2D eigenvalue weighted by atomic mass is 16.4. The first-order chi connectivity index (χ1) is 9.18. The van der Waals surface area contributed by atoms with Crippen LogP contribution in [0.2, 0.25) is 0 Å². The molecule has 1 aromatic carbocycles. The molecule has 0 saturated carbocycles. The topological polar surface area (TPSA) is 81.0 Å². The second-order valence-corrected chi connectivity index (χ2v) is 5.86. The highest BCUT2D eigenvalue weighted by Crippen LogP contribution is 2.28.